The van der Waals surface area contributed by atoms with Gasteiger partial charge < -0.3 is 0 Å². The predicted molar refractivity (Wildman–Crippen MR) is 58.2 cm³/mol. The minimum absolute atomic E-state index is 0.796. The Balaban J connectivity index is 2.20. The first kappa shape index (κ1) is 7.96. The van der Waals surface area contributed by atoms with Gasteiger partial charge in [0.05, 0.1) is 5.69 Å². The normalized spacial score (nSPS) is 12.4. The van der Waals surface area contributed by atoms with E-state index in [1.807, 2.05) is 6.07 Å². The van der Waals surface area contributed by atoms with Crippen LogP contribution in [0.5, 0.6) is 0 Å². The van der Waals surface area contributed by atoms with Crippen LogP contribution in [-0.2, 0) is 6.42 Å². The number of hydrogen-bond donors (Lipinski definition) is 2. The van der Waals surface area contributed by atoms with E-state index in [9.17, 15) is 0 Å². The first-order chi connectivity index (χ1) is 6.88. The van der Waals surface area contributed by atoms with Crippen molar-refractivity contribution in [3.8, 4) is 11.3 Å². The standard InChI is InChI=1S/C10H9N3S/c11-13-10-12-9-7-4-2-1-3-6(7)5-8(9)14-10/h1-4H,5,11H2,(H,12,13). The summed E-state index contributed by atoms with van der Waals surface area (Å²) in [6, 6.07) is 8.38. The van der Waals surface area contributed by atoms with Crippen LogP contribution in [0.4, 0.5) is 5.13 Å². The number of rotatable bonds is 1. The van der Waals surface area contributed by atoms with E-state index in [1.165, 1.54) is 16.0 Å². The van der Waals surface area contributed by atoms with Crippen LogP contribution in [-0.4, -0.2) is 4.98 Å². The predicted octanol–water partition coefficient (Wildman–Crippen LogP) is 2.00. The third-order valence-electron chi connectivity index (χ3n) is 2.44. The summed E-state index contributed by atoms with van der Waals surface area (Å²) < 4.78 is 0. The smallest absolute Gasteiger partial charge is 0.197 e. The molecule has 3 rings (SSSR count). The van der Waals surface area contributed by atoms with Gasteiger partial charge in [0.2, 0.25) is 0 Å². The molecule has 0 saturated heterocycles. The SMILES string of the molecule is NNc1nc2c(s1)Cc1ccccc1-2. The number of hydrazine groups is 1. The summed E-state index contributed by atoms with van der Waals surface area (Å²) in [6.07, 6.45) is 0.991. The van der Waals surface area contributed by atoms with Gasteiger partial charge in [0.15, 0.2) is 5.13 Å². The summed E-state index contributed by atoms with van der Waals surface area (Å²) in [5.74, 6) is 5.33. The van der Waals surface area contributed by atoms with Gasteiger partial charge in [-0.2, -0.15) is 0 Å². The molecule has 1 aliphatic carbocycles. The highest BCUT2D eigenvalue weighted by atomic mass is 32.1. The summed E-state index contributed by atoms with van der Waals surface area (Å²) in [5.41, 5.74) is 6.31. The maximum absolute atomic E-state index is 5.33. The van der Waals surface area contributed by atoms with Gasteiger partial charge in [0.25, 0.3) is 0 Å². The van der Waals surface area contributed by atoms with Gasteiger partial charge in [-0.1, -0.05) is 35.6 Å². The number of nitrogens with two attached hydrogens (primary N) is 1. The van der Waals surface area contributed by atoms with E-state index >= 15 is 0 Å². The fraction of sp³-hybridized carbons (Fsp3) is 0.100. The van der Waals surface area contributed by atoms with E-state index in [0.717, 1.165) is 17.2 Å². The summed E-state index contributed by atoms with van der Waals surface area (Å²) in [6.45, 7) is 0. The maximum Gasteiger partial charge on any atom is 0.197 e. The van der Waals surface area contributed by atoms with Crippen LogP contribution >= 0.6 is 11.3 Å². The van der Waals surface area contributed by atoms with E-state index < -0.39 is 0 Å². The molecule has 3 N–H and O–H groups in total. The molecule has 0 spiro atoms. The monoisotopic (exact) mass is 203 g/mol. The molecule has 0 amide bonds. The zero-order valence-electron chi connectivity index (χ0n) is 7.45. The number of fused-ring (bicyclic) bond motifs is 3. The Morgan fingerprint density at radius 2 is 2.21 bits per heavy atom. The van der Waals surface area contributed by atoms with Crippen LogP contribution in [0, 0.1) is 0 Å². The van der Waals surface area contributed by atoms with Crippen molar-refractivity contribution in [2.45, 2.75) is 6.42 Å². The Kier molecular flexibility index (Phi) is 1.59. The van der Waals surface area contributed by atoms with Crippen molar-refractivity contribution in [1.29, 1.82) is 0 Å². The number of thiazole rings is 1. The van der Waals surface area contributed by atoms with Crippen molar-refractivity contribution in [2.75, 3.05) is 5.43 Å². The average molecular weight is 203 g/mol. The number of benzene rings is 1. The molecule has 0 radical (unpaired) electrons. The molecule has 14 heavy (non-hydrogen) atoms. The summed E-state index contributed by atoms with van der Waals surface area (Å²) >= 11 is 1.63. The van der Waals surface area contributed by atoms with Gasteiger partial charge >= 0.3 is 0 Å². The summed E-state index contributed by atoms with van der Waals surface area (Å²) in [4.78, 5) is 5.74. The van der Waals surface area contributed by atoms with Crippen molar-refractivity contribution in [1.82, 2.24) is 4.98 Å². The van der Waals surface area contributed by atoms with E-state index in [-0.39, 0.29) is 0 Å². The number of hydrogen-bond acceptors (Lipinski definition) is 4. The maximum atomic E-state index is 5.33. The second-order valence-electron chi connectivity index (χ2n) is 3.27. The summed E-state index contributed by atoms with van der Waals surface area (Å²) in [7, 11) is 0. The van der Waals surface area contributed by atoms with Crippen molar-refractivity contribution >= 4 is 16.5 Å². The highest BCUT2D eigenvalue weighted by Crippen LogP contribution is 2.40. The number of anilines is 1. The lowest BCUT2D eigenvalue weighted by atomic mass is 10.1. The van der Waals surface area contributed by atoms with Gasteiger partial charge in [0, 0.05) is 16.9 Å². The second-order valence-corrected chi connectivity index (χ2v) is 4.35. The first-order valence-corrected chi connectivity index (χ1v) is 5.25. The largest absolute Gasteiger partial charge is 0.300 e. The third-order valence-corrected chi connectivity index (χ3v) is 3.43. The highest BCUT2D eigenvalue weighted by molar-refractivity contribution is 7.16. The van der Waals surface area contributed by atoms with E-state index in [1.54, 1.807) is 11.3 Å². The van der Waals surface area contributed by atoms with Crippen LogP contribution < -0.4 is 11.3 Å². The lowest BCUT2D eigenvalue weighted by Gasteiger charge is -1.97. The fourth-order valence-electron chi connectivity index (χ4n) is 1.82. The van der Waals surface area contributed by atoms with E-state index in [0.29, 0.717) is 0 Å². The molecule has 0 atom stereocenters. The third kappa shape index (κ3) is 0.981. The van der Waals surface area contributed by atoms with Gasteiger partial charge in [0.1, 0.15) is 0 Å². The quantitative estimate of drug-likeness (QED) is 0.470. The fourth-order valence-corrected chi connectivity index (χ4v) is 2.73. The Morgan fingerprint density at radius 3 is 3.07 bits per heavy atom. The molecule has 2 aromatic rings. The molecule has 0 aliphatic heterocycles. The Bertz CT molecular complexity index is 490. The molecule has 4 heteroatoms. The van der Waals surface area contributed by atoms with Crippen molar-refractivity contribution < 1.29 is 0 Å². The van der Waals surface area contributed by atoms with Gasteiger partial charge in [-0.3, -0.25) is 5.43 Å². The van der Waals surface area contributed by atoms with Crippen LogP contribution in [0.1, 0.15) is 10.4 Å². The zero-order valence-corrected chi connectivity index (χ0v) is 8.27. The van der Waals surface area contributed by atoms with Crippen molar-refractivity contribution in [3.05, 3.63) is 34.7 Å². The van der Waals surface area contributed by atoms with Crippen molar-refractivity contribution in [2.24, 2.45) is 5.84 Å². The molecule has 0 unspecified atom stereocenters. The van der Waals surface area contributed by atoms with Gasteiger partial charge in [-0.05, 0) is 5.56 Å². The lowest BCUT2D eigenvalue weighted by molar-refractivity contribution is 1.29. The van der Waals surface area contributed by atoms with Gasteiger partial charge in [-0.15, -0.1) is 0 Å². The number of nitrogen functional groups attached to an aromatic ring is 1. The van der Waals surface area contributed by atoms with Crippen LogP contribution in [0.15, 0.2) is 24.3 Å². The first-order valence-electron chi connectivity index (χ1n) is 4.43. The number of aromatic nitrogens is 1. The Labute approximate surface area is 85.6 Å². The second kappa shape index (κ2) is 2.80. The molecule has 70 valence electrons. The average Bonchev–Trinajstić information content (AvgIpc) is 2.73. The van der Waals surface area contributed by atoms with Crippen LogP contribution in [0.2, 0.25) is 0 Å². The van der Waals surface area contributed by atoms with Crippen molar-refractivity contribution in [3.63, 3.8) is 0 Å². The number of nitrogens with zero attached hydrogens (tertiary/aromatic N) is 1. The number of nitrogens with one attached hydrogen (secondary N) is 1. The van der Waals surface area contributed by atoms with Crippen LogP contribution in [0.25, 0.3) is 11.3 Å². The Hall–Kier alpha value is -1.39. The molecule has 1 aliphatic rings. The minimum Gasteiger partial charge on any atom is -0.300 e. The molecule has 1 aromatic heterocycles. The molecule has 3 nitrogen and oxygen atoms in total. The molecule has 1 heterocycles. The lowest BCUT2D eigenvalue weighted by Crippen LogP contribution is -2.05. The highest BCUT2D eigenvalue weighted by Gasteiger charge is 2.22. The van der Waals surface area contributed by atoms with E-state index in [4.69, 9.17) is 5.84 Å². The van der Waals surface area contributed by atoms with Gasteiger partial charge in [-0.25, -0.2) is 10.8 Å². The summed E-state index contributed by atoms with van der Waals surface area (Å²) in [5, 5.41) is 0.796. The topological polar surface area (TPSA) is 50.9 Å². The van der Waals surface area contributed by atoms with Crippen LogP contribution in [0.3, 0.4) is 0 Å². The van der Waals surface area contributed by atoms with E-state index in [2.05, 4.69) is 28.6 Å². The molecule has 0 fully saturated rings. The zero-order chi connectivity index (χ0) is 9.54. The Morgan fingerprint density at radius 1 is 1.36 bits per heavy atom. The minimum atomic E-state index is 0.796. The molecular weight excluding hydrogens is 194 g/mol. The molecular formula is C10H9N3S. The molecule has 1 aromatic carbocycles. The molecule has 0 bridgehead atoms. The molecule has 0 saturated carbocycles.